The third kappa shape index (κ3) is 4.11. The predicted octanol–water partition coefficient (Wildman–Crippen LogP) is 14.4. The summed E-state index contributed by atoms with van der Waals surface area (Å²) in [5.41, 5.74) is -11.7. The Morgan fingerprint density at radius 2 is 1.00 bits per heavy atom. The number of fused-ring (bicyclic) bond motifs is 9. The van der Waals surface area contributed by atoms with E-state index in [1.54, 1.807) is 0 Å². The third-order valence-corrected chi connectivity index (χ3v) is 9.20. The molecule has 0 bridgehead atoms. The molecule has 0 N–H and O–H groups in total. The molecule has 1 heterocycles. The van der Waals surface area contributed by atoms with Crippen LogP contribution in [-0.2, 0) is 5.41 Å². The van der Waals surface area contributed by atoms with Crippen molar-refractivity contribution in [1.29, 1.82) is 0 Å². The van der Waals surface area contributed by atoms with E-state index in [9.17, 15) is 17.8 Å². The lowest BCUT2D eigenvalue weighted by molar-refractivity contribution is 0.662. The van der Waals surface area contributed by atoms with Gasteiger partial charge in [-0.15, -0.1) is 0 Å². The van der Waals surface area contributed by atoms with Crippen molar-refractivity contribution in [3.05, 3.63) is 180 Å². The fourth-order valence-electron chi connectivity index (χ4n) is 6.98. The first kappa shape index (κ1) is 12.1. The molecule has 1 aliphatic rings. The van der Waals surface area contributed by atoms with E-state index in [1.165, 1.54) is 0 Å². The standard InChI is InChI=1S/C51H34O/c1-51(2)45-24-10-9-17-37(45)42-23-12-22-36(50(42)51)33-15-11-16-34(27-33)48-38-18-5-7-20-40(38)49(41-21-8-6-19-39(41)48)35-25-26-46-43(29-35)44-28-31-13-3-4-14-32(31)30-47(44)52-46/h3-30H,1-2H3/i1D3,3D,4D,5D,6D,7D,8D,9D,10D,11D,12D,13D,14D,15D,16D,17D,18D,19D,20D,21D,22D,23D,24D,25D,26D,27D,28D,29D,30D. The number of benzene rings is 9. The molecule has 0 radical (unpaired) electrons. The Kier molecular flexibility index (Phi) is 2.50. The minimum Gasteiger partial charge on any atom is -0.456 e. The van der Waals surface area contributed by atoms with Crippen molar-refractivity contribution in [2.75, 3.05) is 0 Å². The van der Waals surface area contributed by atoms with Crippen LogP contribution < -0.4 is 0 Å². The van der Waals surface area contributed by atoms with Crippen molar-refractivity contribution < 1.29 is 46.9 Å². The fourth-order valence-corrected chi connectivity index (χ4v) is 6.98. The zero-order valence-corrected chi connectivity index (χ0v) is 26.4. The van der Waals surface area contributed by atoms with Gasteiger partial charge >= 0.3 is 0 Å². The highest BCUT2D eigenvalue weighted by Gasteiger charge is 2.37. The molecule has 0 saturated carbocycles. The van der Waals surface area contributed by atoms with Gasteiger partial charge in [-0.3, -0.25) is 0 Å². The second-order valence-electron chi connectivity index (χ2n) is 12.1. The lowest BCUT2D eigenvalue weighted by atomic mass is 9.78. The molecule has 1 aromatic heterocycles. The van der Waals surface area contributed by atoms with Gasteiger partial charge in [-0.05, 0) is 118 Å². The van der Waals surface area contributed by atoms with Crippen LogP contribution >= 0.6 is 0 Å². The molecule has 0 amide bonds. The minimum absolute atomic E-state index is 0.473. The maximum atomic E-state index is 10.1. The van der Waals surface area contributed by atoms with Crippen LogP contribution in [0.3, 0.4) is 0 Å². The largest absolute Gasteiger partial charge is 0.456 e. The van der Waals surface area contributed by atoms with Crippen LogP contribution in [0.5, 0.6) is 0 Å². The van der Waals surface area contributed by atoms with Gasteiger partial charge in [0, 0.05) is 20.3 Å². The Hall–Kier alpha value is -6.44. The maximum Gasteiger partial charge on any atom is 0.136 e. The SMILES string of the molecule is [2H]c1c([2H])c(-c2c([2H])c([2H])c([2H])c3c2C(C)(C([2H])([2H])[2H])c2c([2H])c([2H])c([2H])c([2H])c2-3)c([2H])c(-c2c3c([2H])c([2H])c([2H])c([2H])c3c(-c3c([2H])c([2H])c4oc5c([2H])c6c([2H])c([2H])c([2H])c([2H])c6c([2H])c5c4c3[2H])c3c([2H])c([2H])c([2H])c([2H])c23)c1[2H]. The van der Waals surface area contributed by atoms with Gasteiger partial charge in [-0.1, -0.05) is 153 Å². The van der Waals surface area contributed by atoms with Gasteiger partial charge in [-0.25, -0.2) is 0 Å². The molecule has 0 saturated heterocycles. The van der Waals surface area contributed by atoms with Crippen LogP contribution in [0.2, 0.25) is 0 Å². The van der Waals surface area contributed by atoms with Crippen LogP contribution in [0.4, 0.5) is 0 Å². The molecule has 52 heavy (non-hydrogen) atoms. The summed E-state index contributed by atoms with van der Waals surface area (Å²) in [6, 6.07) is -27.1. The van der Waals surface area contributed by atoms with E-state index in [0.717, 1.165) is 6.92 Å². The quantitative estimate of drug-likeness (QED) is 0.168. The van der Waals surface area contributed by atoms with Gasteiger partial charge in [-0.2, -0.15) is 0 Å². The summed E-state index contributed by atoms with van der Waals surface area (Å²) < 4.78 is 289. The van der Waals surface area contributed by atoms with Gasteiger partial charge in [0.2, 0.25) is 0 Å². The Labute approximate surface area is 346 Å². The van der Waals surface area contributed by atoms with Crippen LogP contribution in [0, 0.1) is 0 Å². The smallest absolute Gasteiger partial charge is 0.136 e. The first-order chi connectivity index (χ1) is 38.5. The third-order valence-electron chi connectivity index (χ3n) is 9.20. The van der Waals surface area contributed by atoms with Gasteiger partial charge in [0.15, 0.2) is 0 Å². The second-order valence-corrected chi connectivity index (χ2v) is 12.1. The normalized spacial score (nSPS) is 23.8. The van der Waals surface area contributed by atoms with E-state index >= 15 is 0 Å². The Morgan fingerprint density at radius 1 is 0.442 bits per heavy atom. The number of hydrogen-bond donors (Lipinski definition) is 0. The van der Waals surface area contributed by atoms with Gasteiger partial charge < -0.3 is 4.42 Å². The van der Waals surface area contributed by atoms with Crippen molar-refractivity contribution in [2.24, 2.45) is 0 Å². The average molecular weight is 694 g/mol. The highest BCUT2D eigenvalue weighted by molar-refractivity contribution is 6.22. The number of furan rings is 1. The molecular weight excluding hydrogens is 629 g/mol. The van der Waals surface area contributed by atoms with Crippen LogP contribution in [0.25, 0.3) is 98.8 Å². The van der Waals surface area contributed by atoms with Crippen molar-refractivity contribution in [3.63, 3.8) is 0 Å². The van der Waals surface area contributed by atoms with Crippen LogP contribution in [0.15, 0.2) is 174 Å². The zero-order valence-electron chi connectivity index (χ0n) is 57.4. The van der Waals surface area contributed by atoms with E-state index in [0.29, 0.717) is 0 Å². The Balaban J connectivity index is 1.39. The first-order valence-corrected chi connectivity index (χ1v) is 15.7. The number of rotatable bonds is 3. The lowest BCUT2D eigenvalue weighted by Gasteiger charge is -2.25. The predicted molar refractivity (Wildman–Crippen MR) is 220 cm³/mol. The van der Waals surface area contributed by atoms with Crippen molar-refractivity contribution in [1.82, 2.24) is 0 Å². The molecule has 1 heteroatoms. The molecule has 244 valence electrons. The first-order valence-electron chi connectivity index (χ1n) is 31.2. The summed E-state index contributed by atoms with van der Waals surface area (Å²) in [5, 5.41) is -5.34. The number of hydrogen-bond acceptors (Lipinski definition) is 1. The van der Waals surface area contributed by atoms with E-state index in [-0.39, 0.29) is 0 Å². The van der Waals surface area contributed by atoms with Crippen molar-refractivity contribution >= 4 is 54.3 Å². The topological polar surface area (TPSA) is 13.1 Å². The molecule has 0 spiro atoms. The summed E-state index contributed by atoms with van der Waals surface area (Å²) in [4.78, 5) is 0. The van der Waals surface area contributed by atoms with E-state index in [4.69, 9.17) is 29.1 Å². The average Bonchev–Trinajstić information content (AvgIpc) is 2.14. The molecule has 1 aliphatic carbocycles. The highest BCUT2D eigenvalue weighted by atomic mass is 16.3. The van der Waals surface area contributed by atoms with E-state index in [1.807, 2.05) is 0 Å². The molecular formula is C51H34O. The van der Waals surface area contributed by atoms with Gasteiger partial charge in [0.05, 0.1) is 38.4 Å². The molecule has 1 atom stereocenters. The zero-order chi connectivity index (χ0) is 61.4. The summed E-state index contributed by atoms with van der Waals surface area (Å²) in [7, 11) is 0. The van der Waals surface area contributed by atoms with Gasteiger partial charge in [0.25, 0.3) is 0 Å². The minimum atomic E-state index is -3.39. The van der Waals surface area contributed by atoms with Gasteiger partial charge in [0.1, 0.15) is 11.2 Å². The Morgan fingerprint density at radius 3 is 1.73 bits per heavy atom. The molecule has 11 rings (SSSR count). The second kappa shape index (κ2) is 10.8. The fraction of sp³-hybridized carbons (Fsp3) is 0.0588. The van der Waals surface area contributed by atoms with E-state index in [2.05, 4.69) is 0 Å². The molecule has 10 aromatic rings. The molecule has 0 fully saturated rings. The summed E-state index contributed by atoms with van der Waals surface area (Å²) in [6.07, 6.45) is 0. The maximum absolute atomic E-state index is 10.1. The van der Waals surface area contributed by atoms with Crippen molar-refractivity contribution in [3.8, 4) is 44.5 Å². The summed E-state index contributed by atoms with van der Waals surface area (Å²) >= 11 is 0. The van der Waals surface area contributed by atoms with E-state index < -0.39 is 291 Å². The monoisotopic (exact) mass is 693 g/mol. The van der Waals surface area contributed by atoms with Crippen LogP contribution in [-0.4, -0.2) is 0 Å². The summed E-state index contributed by atoms with van der Waals surface area (Å²) in [6.45, 7) is -2.39. The molecule has 1 unspecified atom stereocenters. The van der Waals surface area contributed by atoms with Crippen LogP contribution in [0.1, 0.15) is 67.4 Å². The molecule has 1 nitrogen and oxygen atoms in total. The van der Waals surface area contributed by atoms with Crippen molar-refractivity contribution in [2.45, 2.75) is 19.2 Å². The molecule has 9 aromatic carbocycles. The lowest BCUT2D eigenvalue weighted by Crippen LogP contribution is -2.16. The highest BCUT2D eigenvalue weighted by Crippen LogP contribution is 2.52. The molecule has 0 aliphatic heterocycles. The summed E-state index contributed by atoms with van der Waals surface area (Å²) in [5.74, 6) is 0. The Bertz CT molecular complexity index is 4740.